The number of nitrogens with two attached hydrogens (primary N) is 1. The number of carbonyl (C=O) groups is 2. The van der Waals surface area contributed by atoms with E-state index in [0.717, 1.165) is 5.56 Å². The molecule has 0 saturated carbocycles. The molecule has 0 heterocycles. The van der Waals surface area contributed by atoms with Crippen molar-refractivity contribution in [3.8, 4) is 0 Å². The van der Waals surface area contributed by atoms with Gasteiger partial charge in [0.2, 0.25) is 0 Å². The maximum Gasteiger partial charge on any atom is 0.408 e. The Bertz CT molecular complexity index is 468. The lowest BCUT2D eigenvalue weighted by molar-refractivity contribution is 0.0474. The molecule has 6 heteroatoms. The first kappa shape index (κ1) is 16.8. The minimum absolute atomic E-state index is 0.0104. The maximum atomic E-state index is 11.8. The fourth-order valence-electron chi connectivity index (χ4n) is 1.71. The number of hydrogen-bond donors (Lipinski definition) is 2. The van der Waals surface area contributed by atoms with Crippen LogP contribution in [0.1, 0.15) is 26.3 Å². The number of primary amides is 1. The summed E-state index contributed by atoms with van der Waals surface area (Å²) >= 11 is 0. The number of nitrogens with one attached hydrogen (secondary N) is 1. The van der Waals surface area contributed by atoms with Crippen LogP contribution in [0.3, 0.4) is 0 Å². The van der Waals surface area contributed by atoms with Gasteiger partial charge in [0, 0.05) is 0 Å². The second kappa shape index (κ2) is 7.52. The van der Waals surface area contributed by atoms with Gasteiger partial charge in [-0.1, -0.05) is 30.3 Å². The highest BCUT2D eigenvalue weighted by atomic mass is 16.6. The van der Waals surface area contributed by atoms with Crippen molar-refractivity contribution in [3.63, 3.8) is 0 Å². The van der Waals surface area contributed by atoms with Gasteiger partial charge in [0.25, 0.3) is 0 Å². The molecule has 0 aliphatic heterocycles. The van der Waals surface area contributed by atoms with E-state index in [2.05, 4.69) is 5.32 Å². The van der Waals surface area contributed by atoms with E-state index in [1.54, 1.807) is 20.8 Å². The van der Waals surface area contributed by atoms with Crippen LogP contribution in [0.4, 0.5) is 9.59 Å². The first-order valence-corrected chi connectivity index (χ1v) is 6.72. The van der Waals surface area contributed by atoms with E-state index in [9.17, 15) is 9.59 Å². The van der Waals surface area contributed by atoms with Crippen LogP contribution in [-0.4, -0.2) is 30.4 Å². The summed E-state index contributed by atoms with van der Waals surface area (Å²) in [7, 11) is 0. The molecular weight excluding hydrogens is 272 g/mol. The van der Waals surface area contributed by atoms with Gasteiger partial charge in [0.05, 0.1) is 6.04 Å². The van der Waals surface area contributed by atoms with Crippen molar-refractivity contribution in [3.05, 3.63) is 35.9 Å². The molecule has 0 bridgehead atoms. The van der Waals surface area contributed by atoms with Crippen molar-refractivity contribution in [1.82, 2.24) is 5.32 Å². The number of amides is 2. The molecule has 0 aromatic heterocycles. The molecule has 116 valence electrons. The quantitative estimate of drug-likeness (QED) is 0.871. The Morgan fingerprint density at radius 2 is 1.86 bits per heavy atom. The van der Waals surface area contributed by atoms with Crippen molar-refractivity contribution in [2.24, 2.45) is 5.73 Å². The van der Waals surface area contributed by atoms with E-state index in [1.807, 2.05) is 30.3 Å². The minimum Gasteiger partial charge on any atom is -0.448 e. The van der Waals surface area contributed by atoms with Gasteiger partial charge in [0.15, 0.2) is 0 Å². The van der Waals surface area contributed by atoms with Gasteiger partial charge < -0.3 is 20.5 Å². The topological polar surface area (TPSA) is 90.7 Å². The molecule has 1 atom stereocenters. The molecule has 0 saturated heterocycles. The van der Waals surface area contributed by atoms with E-state index in [0.29, 0.717) is 6.42 Å². The molecule has 1 aromatic carbocycles. The van der Waals surface area contributed by atoms with E-state index in [-0.39, 0.29) is 6.61 Å². The van der Waals surface area contributed by atoms with Gasteiger partial charge in [-0.25, -0.2) is 9.59 Å². The summed E-state index contributed by atoms with van der Waals surface area (Å²) in [5.41, 5.74) is 5.38. The molecule has 1 aromatic rings. The lowest BCUT2D eigenvalue weighted by Crippen LogP contribution is -2.43. The van der Waals surface area contributed by atoms with Gasteiger partial charge in [0.1, 0.15) is 12.2 Å². The Kier molecular flexibility index (Phi) is 6.02. The standard InChI is InChI=1S/C15H22N2O4/c1-15(2,3)21-14(19)17-12(10-20-13(16)18)9-11-7-5-4-6-8-11/h4-8,12H,9-10H2,1-3H3,(H2,16,18)(H,17,19)/t12-/m1/s1. The van der Waals surface area contributed by atoms with Crippen LogP contribution in [0.5, 0.6) is 0 Å². The molecule has 6 nitrogen and oxygen atoms in total. The molecule has 21 heavy (non-hydrogen) atoms. The first-order chi connectivity index (χ1) is 9.76. The van der Waals surface area contributed by atoms with Crippen LogP contribution in [-0.2, 0) is 15.9 Å². The van der Waals surface area contributed by atoms with Gasteiger partial charge in [-0.05, 0) is 32.8 Å². The Morgan fingerprint density at radius 1 is 1.24 bits per heavy atom. The van der Waals surface area contributed by atoms with Gasteiger partial charge in [-0.2, -0.15) is 0 Å². The fourth-order valence-corrected chi connectivity index (χ4v) is 1.71. The number of benzene rings is 1. The Balaban J connectivity index is 2.63. The third kappa shape index (κ3) is 7.81. The summed E-state index contributed by atoms with van der Waals surface area (Å²) in [4.78, 5) is 22.5. The molecule has 1 rings (SSSR count). The summed E-state index contributed by atoms with van der Waals surface area (Å²) in [5.74, 6) is 0. The molecule has 0 fully saturated rings. The molecule has 0 spiro atoms. The second-order valence-electron chi connectivity index (χ2n) is 5.66. The number of hydrogen-bond acceptors (Lipinski definition) is 4. The third-order valence-electron chi connectivity index (χ3n) is 2.47. The number of alkyl carbamates (subject to hydrolysis) is 1. The van der Waals surface area contributed by atoms with Crippen LogP contribution in [0.25, 0.3) is 0 Å². The highest BCUT2D eigenvalue weighted by molar-refractivity contribution is 5.68. The zero-order valence-electron chi connectivity index (χ0n) is 12.6. The first-order valence-electron chi connectivity index (χ1n) is 6.72. The molecule has 3 N–H and O–H groups in total. The Morgan fingerprint density at radius 3 is 2.38 bits per heavy atom. The number of rotatable bonds is 5. The molecule has 0 radical (unpaired) electrons. The van der Waals surface area contributed by atoms with E-state index in [1.165, 1.54) is 0 Å². The normalized spacial score (nSPS) is 12.3. The largest absolute Gasteiger partial charge is 0.448 e. The van der Waals surface area contributed by atoms with Crippen LogP contribution in [0.15, 0.2) is 30.3 Å². The molecule has 0 aliphatic carbocycles. The van der Waals surface area contributed by atoms with E-state index < -0.39 is 23.8 Å². The molecule has 0 aliphatic rings. The Hall–Kier alpha value is -2.24. The molecular formula is C15H22N2O4. The van der Waals surface area contributed by atoms with Gasteiger partial charge in [-0.3, -0.25) is 0 Å². The monoisotopic (exact) mass is 294 g/mol. The van der Waals surface area contributed by atoms with Crippen molar-refractivity contribution in [2.45, 2.75) is 38.8 Å². The fraction of sp³-hybridized carbons (Fsp3) is 0.467. The van der Waals surface area contributed by atoms with Crippen LogP contribution in [0, 0.1) is 0 Å². The third-order valence-corrected chi connectivity index (χ3v) is 2.47. The average molecular weight is 294 g/mol. The molecule has 2 amide bonds. The van der Waals surface area contributed by atoms with Crippen LogP contribution >= 0.6 is 0 Å². The highest BCUT2D eigenvalue weighted by Gasteiger charge is 2.20. The van der Waals surface area contributed by atoms with Gasteiger partial charge in [-0.15, -0.1) is 0 Å². The lowest BCUT2D eigenvalue weighted by Gasteiger charge is -2.23. The Labute approximate surface area is 124 Å². The lowest BCUT2D eigenvalue weighted by atomic mass is 10.1. The SMILES string of the molecule is CC(C)(C)OC(=O)N[C@@H](COC(N)=O)Cc1ccccc1. The van der Waals surface area contributed by atoms with Crippen molar-refractivity contribution >= 4 is 12.2 Å². The molecule has 0 unspecified atom stereocenters. The summed E-state index contributed by atoms with van der Waals surface area (Å²) in [6.07, 6.45) is -0.927. The van der Waals surface area contributed by atoms with Crippen LogP contribution in [0.2, 0.25) is 0 Å². The van der Waals surface area contributed by atoms with E-state index in [4.69, 9.17) is 15.2 Å². The summed E-state index contributed by atoms with van der Waals surface area (Å²) < 4.78 is 9.97. The minimum atomic E-state index is -0.876. The number of carbonyl (C=O) groups excluding carboxylic acids is 2. The summed E-state index contributed by atoms with van der Waals surface area (Å²) in [5, 5.41) is 2.68. The van der Waals surface area contributed by atoms with Crippen molar-refractivity contribution < 1.29 is 19.1 Å². The van der Waals surface area contributed by atoms with Crippen molar-refractivity contribution in [2.75, 3.05) is 6.61 Å². The van der Waals surface area contributed by atoms with Crippen LogP contribution < -0.4 is 11.1 Å². The summed E-state index contributed by atoms with van der Waals surface area (Å²) in [6, 6.07) is 9.14. The number of ether oxygens (including phenoxy) is 2. The zero-order chi connectivity index (χ0) is 15.9. The maximum absolute atomic E-state index is 11.8. The highest BCUT2D eigenvalue weighted by Crippen LogP contribution is 2.08. The smallest absolute Gasteiger partial charge is 0.408 e. The van der Waals surface area contributed by atoms with Gasteiger partial charge >= 0.3 is 12.2 Å². The predicted molar refractivity (Wildman–Crippen MR) is 78.8 cm³/mol. The average Bonchev–Trinajstić information content (AvgIpc) is 2.34. The predicted octanol–water partition coefficient (Wildman–Crippen LogP) is 2.22. The zero-order valence-corrected chi connectivity index (χ0v) is 12.6. The summed E-state index contributed by atoms with van der Waals surface area (Å²) in [6.45, 7) is 5.32. The van der Waals surface area contributed by atoms with Crippen molar-refractivity contribution in [1.29, 1.82) is 0 Å². The second-order valence-corrected chi connectivity index (χ2v) is 5.66. The van der Waals surface area contributed by atoms with E-state index >= 15 is 0 Å².